The van der Waals surface area contributed by atoms with Gasteiger partial charge in [-0.1, -0.05) is 71.1 Å². The van der Waals surface area contributed by atoms with E-state index in [0.29, 0.717) is 81.4 Å². The van der Waals surface area contributed by atoms with Gasteiger partial charge in [-0.05, 0) is 126 Å². The van der Waals surface area contributed by atoms with Gasteiger partial charge >= 0.3 is 5.97 Å². The van der Waals surface area contributed by atoms with Crippen LogP contribution in [0.5, 0.6) is 0 Å². The maximum atomic E-state index is 14.6. The molecule has 4 aliphatic rings. The molecule has 0 spiro atoms. The Morgan fingerprint density at radius 3 is 2.28 bits per heavy atom. The molecule has 16 atom stereocenters. The molecule has 408 valence electrons. The number of rotatable bonds is 11. The first kappa shape index (κ1) is 61.4. The Hall–Kier alpha value is -3.19. The van der Waals surface area contributed by atoms with Crippen LogP contribution in [0.3, 0.4) is 0 Å². The summed E-state index contributed by atoms with van der Waals surface area (Å²) in [5, 5.41) is 36.0. The molecule has 72 heavy (non-hydrogen) atoms. The number of carbonyl (C=O) groups excluding carboxylic acids is 4. The zero-order chi connectivity index (χ0) is 53.3. The summed E-state index contributed by atoms with van der Waals surface area (Å²) >= 11 is 5.54. The van der Waals surface area contributed by atoms with E-state index in [0.717, 1.165) is 18.4 Å². The number of ketones is 2. The van der Waals surface area contributed by atoms with E-state index in [2.05, 4.69) is 0 Å². The number of methoxy groups -OCH3 is 4. The summed E-state index contributed by atoms with van der Waals surface area (Å²) in [5.41, 5.74) is 1.33. The molecular formula is C56H89NO14S. The van der Waals surface area contributed by atoms with Gasteiger partial charge in [0.15, 0.2) is 10.8 Å². The fourth-order valence-corrected chi connectivity index (χ4v) is 11.2. The van der Waals surface area contributed by atoms with Crippen molar-refractivity contribution in [2.24, 2.45) is 35.5 Å². The fourth-order valence-electron chi connectivity index (χ4n) is 11.0. The Morgan fingerprint density at radius 1 is 0.861 bits per heavy atom. The van der Waals surface area contributed by atoms with Gasteiger partial charge in [0.05, 0.1) is 24.4 Å². The van der Waals surface area contributed by atoms with Gasteiger partial charge in [0, 0.05) is 78.6 Å². The molecule has 3 heterocycles. The Labute approximate surface area is 435 Å². The van der Waals surface area contributed by atoms with E-state index in [9.17, 15) is 34.5 Å². The third-order valence-electron chi connectivity index (χ3n) is 15.6. The van der Waals surface area contributed by atoms with Gasteiger partial charge in [0.25, 0.3) is 11.7 Å². The highest BCUT2D eigenvalue weighted by atomic mass is 32.1. The molecule has 0 radical (unpaired) electrons. The van der Waals surface area contributed by atoms with E-state index in [4.69, 9.17) is 45.4 Å². The molecule has 3 aliphatic heterocycles. The number of ether oxygens (including phenoxy) is 7. The van der Waals surface area contributed by atoms with Gasteiger partial charge in [0.2, 0.25) is 5.79 Å². The molecule has 0 aromatic heterocycles. The summed E-state index contributed by atoms with van der Waals surface area (Å²) < 4.78 is 41.4. The maximum absolute atomic E-state index is 14.6. The summed E-state index contributed by atoms with van der Waals surface area (Å²) in [7, 11) is 6.30. The number of allylic oxidation sites excluding steroid dienone is 5. The average Bonchev–Trinajstić information content (AvgIpc) is 3.35. The number of carbonyl (C=O) groups is 4. The first-order valence-electron chi connectivity index (χ1n) is 26.5. The van der Waals surface area contributed by atoms with Crippen molar-refractivity contribution < 1.29 is 67.7 Å². The molecule has 2 saturated heterocycles. The van der Waals surface area contributed by atoms with Crippen LogP contribution in [0, 0.1) is 35.5 Å². The summed E-state index contributed by atoms with van der Waals surface area (Å²) in [4.78, 5) is 58.3. The number of nitrogens with zero attached hydrogens (tertiary/aromatic N) is 1. The summed E-state index contributed by atoms with van der Waals surface area (Å²) in [6.45, 7) is 13.6. The summed E-state index contributed by atoms with van der Waals surface area (Å²) in [6, 6.07) is -1.12. The van der Waals surface area contributed by atoms with Gasteiger partial charge in [0.1, 0.15) is 30.5 Å². The third-order valence-corrected chi connectivity index (χ3v) is 15.9. The van der Waals surface area contributed by atoms with Crippen molar-refractivity contribution in [3.8, 4) is 0 Å². The molecule has 16 heteroatoms. The largest absolute Gasteiger partial charge is 0.481 e. The molecule has 1 aliphatic carbocycles. The van der Waals surface area contributed by atoms with E-state index in [1.54, 1.807) is 48.2 Å². The smallest absolute Gasteiger partial charge is 0.329 e. The summed E-state index contributed by atoms with van der Waals surface area (Å²) in [6.07, 6.45) is 12.9. The number of Topliss-reactive ketones (excluding diaryl/α,β-unsaturated/α-hetero) is 2. The number of fused-ring (bicyclic) bond motifs is 3. The molecule has 0 unspecified atom stereocenters. The molecule has 1 amide bonds. The summed E-state index contributed by atoms with van der Waals surface area (Å²) in [5.74, 6) is -7.29. The van der Waals surface area contributed by atoms with Crippen LogP contribution in [0.4, 0.5) is 0 Å². The fraction of sp³-hybridized carbons (Fsp3) is 0.768. The van der Waals surface area contributed by atoms with Crippen LogP contribution in [-0.4, -0.2) is 151 Å². The first-order valence-corrected chi connectivity index (χ1v) is 26.9. The van der Waals surface area contributed by atoms with E-state index < -0.39 is 83.9 Å². The molecule has 0 aromatic rings. The Morgan fingerprint density at radius 2 is 1.60 bits per heavy atom. The van der Waals surface area contributed by atoms with Crippen molar-refractivity contribution in [3.63, 3.8) is 0 Å². The molecule has 0 aromatic carbocycles. The predicted molar refractivity (Wildman–Crippen MR) is 279 cm³/mol. The number of aliphatic hydroxyl groups excluding tert-OH is 2. The number of aliphatic hydroxyl groups is 3. The third kappa shape index (κ3) is 17.2. The highest BCUT2D eigenvalue weighted by Gasteiger charge is 2.53. The minimum Gasteiger partial charge on any atom is -0.481 e. The van der Waals surface area contributed by atoms with Crippen molar-refractivity contribution in [2.45, 2.75) is 199 Å². The quantitative estimate of drug-likeness (QED) is 0.0597. The van der Waals surface area contributed by atoms with Gasteiger partial charge in [-0.3, -0.25) is 14.4 Å². The van der Waals surface area contributed by atoms with E-state index in [1.807, 2.05) is 58.1 Å². The van der Waals surface area contributed by atoms with Crippen molar-refractivity contribution in [2.75, 3.05) is 41.6 Å². The second kappa shape index (κ2) is 29.8. The number of piperidine rings is 1. The predicted octanol–water partition coefficient (Wildman–Crippen LogP) is 7.75. The van der Waals surface area contributed by atoms with Crippen LogP contribution in [0.1, 0.15) is 138 Å². The highest BCUT2D eigenvalue weighted by molar-refractivity contribution is 7.80. The zero-order valence-corrected chi connectivity index (χ0v) is 45.9. The van der Waals surface area contributed by atoms with Gasteiger partial charge in [-0.2, -0.15) is 0 Å². The lowest BCUT2D eigenvalue weighted by atomic mass is 9.78. The number of esters is 1. The van der Waals surface area contributed by atoms with Crippen LogP contribution in [0.2, 0.25) is 0 Å². The van der Waals surface area contributed by atoms with Crippen molar-refractivity contribution in [1.82, 2.24) is 4.90 Å². The second-order valence-corrected chi connectivity index (χ2v) is 21.8. The molecule has 3 N–H and O–H groups in total. The number of thiocarbonyl (C=S) groups is 1. The zero-order valence-electron chi connectivity index (χ0n) is 45.1. The van der Waals surface area contributed by atoms with Crippen molar-refractivity contribution >= 4 is 40.7 Å². The first-order chi connectivity index (χ1) is 34.2. The van der Waals surface area contributed by atoms with Gasteiger partial charge < -0.3 is 53.4 Å². The Balaban J connectivity index is 1.68. The van der Waals surface area contributed by atoms with Crippen molar-refractivity contribution in [3.05, 3.63) is 47.6 Å². The lowest BCUT2D eigenvalue weighted by Gasteiger charge is -2.43. The molecule has 15 nitrogen and oxygen atoms in total. The second-order valence-electron chi connectivity index (χ2n) is 21.4. The average molecular weight is 1030 g/mol. The van der Waals surface area contributed by atoms with Crippen LogP contribution in [0.15, 0.2) is 47.6 Å². The Bertz CT molecular complexity index is 1900. The normalized spacial score (nSPS) is 38.6. The van der Waals surface area contributed by atoms with Crippen LogP contribution < -0.4 is 0 Å². The number of amides is 1. The Kier molecular flexibility index (Phi) is 25.4. The van der Waals surface area contributed by atoms with Crippen LogP contribution in [0.25, 0.3) is 0 Å². The van der Waals surface area contributed by atoms with E-state index in [-0.39, 0.29) is 55.1 Å². The van der Waals surface area contributed by atoms with Gasteiger partial charge in [-0.25, -0.2) is 4.79 Å². The number of hydrogen-bond acceptors (Lipinski definition) is 15. The lowest BCUT2D eigenvalue weighted by Crippen LogP contribution is -2.61. The standard InChI is InChI=1S/C56H89NO14S/c1-34-18-13-12-14-19-35(2)46(66-9)32-42-24-22-40(7)56(64,71-42)53(61)54(62)57-26-16-15-20-43(57)55(63)70-47(33-44(58)36(3)29-39(6)51(60)52(68-11)50(59)38(5)28-34)37(4)30-41-23-25-45(48(31-41)67-10)69-49(72)21-17-27-65-8/h12-14,18-19,29,34,36-38,40-48,51-52,58,60,64H,15-17,20-28,30-33H2,1-11H3/b14-12+,18-13+,35-19+,39-29+/t34-,36-,37-,38-,40-,41+,42+,43+,44-,45-,46+,47+,48-,51-,52+,56-/m1/s1. The minimum atomic E-state index is -2.42. The van der Waals surface area contributed by atoms with Crippen LogP contribution in [-0.2, 0) is 52.3 Å². The van der Waals surface area contributed by atoms with E-state index >= 15 is 0 Å². The molecule has 1 saturated carbocycles. The lowest BCUT2D eigenvalue weighted by molar-refractivity contribution is -0.265. The van der Waals surface area contributed by atoms with Gasteiger partial charge in [-0.15, -0.1) is 0 Å². The monoisotopic (exact) mass is 1030 g/mol. The topological polar surface area (TPSA) is 197 Å². The molecule has 3 fully saturated rings. The van der Waals surface area contributed by atoms with Crippen molar-refractivity contribution in [1.29, 1.82) is 0 Å². The van der Waals surface area contributed by atoms with Crippen LogP contribution >= 0.6 is 12.2 Å². The maximum Gasteiger partial charge on any atom is 0.329 e. The minimum absolute atomic E-state index is 0.0172. The number of cyclic esters (lactones) is 1. The SMILES string of the molecule is COCCCC(=S)O[C@@H]1CC[C@@H](C[C@@H](C)[C@@H]2C[C@@H](O)[C@H](C)/C=C(\C)[C@@H](O)[C@@H](OC)C(=O)[C@H](C)C[C@H](C)/C=C/C=C/C=C(\C)[C@@H](OC)C[C@@H]3CC[C@@H](C)[C@@](O)(O3)C(=O)C(=O)N3CCCC[C@H]3C(=O)O2)C[C@H]1OC. The highest BCUT2D eigenvalue weighted by Crippen LogP contribution is 2.38. The molecule has 4 rings (SSSR count). The number of hydrogen-bond donors (Lipinski definition) is 3. The molecular weight excluding hydrogens is 943 g/mol. The molecule has 2 bridgehead atoms. The van der Waals surface area contributed by atoms with E-state index in [1.165, 1.54) is 12.0 Å².